The van der Waals surface area contributed by atoms with Crippen LogP contribution in [0.1, 0.15) is 18.4 Å². The molecule has 0 aromatic heterocycles. The second-order valence-electron chi connectivity index (χ2n) is 6.92. The van der Waals surface area contributed by atoms with Crippen molar-refractivity contribution in [1.29, 1.82) is 0 Å². The van der Waals surface area contributed by atoms with E-state index in [4.69, 9.17) is 4.74 Å². The monoisotopic (exact) mass is 438 g/mol. The lowest BCUT2D eigenvalue weighted by Crippen LogP contribution is -2.40. The molecule has 0 N–H and O–H groups in total. The van der Waals surface area contributed by atoms with Gasteiger partial charge in [0.15, 0.2) is 9.84 Å². The third-order valence-corrected chi connectivity index (χ3v) is 7.64. The third-order valence-electron chi connectivity index (χ3n) is 4.99. The summed E-state index contributed by atoms with van der Waals surface area (Å²) < 4.78 is 28.3. The minimum absolute atomic E-state index is 0.0345. The normalized spacial score (nSPS) is 22.3. The number of imide groups is 1. The second kappa shape index (κ2) is 8.58. The molecule has 3 amide bonds. The van der Waals surface area contributed by atoms with E-state index in [1.54, 1.807) is 44.5 Å². The Balaban J connectivity index is 1.59. The summed E-state index contributed by atoms with van der Waals surface area (Å²) in [4.78, 5) is 39.9. The smallest absolute Gasteiger partial charge is 0.293 e. The molecule has 156 valence electrons. The van der Waals surface area contributed by atoms with Crippen molar-refractivity contribution in [3.63, 3.8) is 0 Å². The molecule has 2 aliphatic rings. The van der Waals surface area contributed by atoms with Crippen molar-refractivity contribution in [1.82, 2.24) is 9.80 Å². The first-order valence-corrected chi connectivity index (χ1v) is 11.7. The molecule has 2 heterocycles. The molecule has 3 rings (SSSR count). The minimum Gasteiger partial charge on any atom is -0.497 e. The summed E-state index contributed by atoms with van der Waals surface area (Å²) in [6.45, 7) is -0.0345. The van der Waals surface area contributed by atoms with Crippen LogP contribution >= 0.6 is 11.8 Å². The highest BCUT2D eigenvalue weighted by Crippen LogP contribution is 2.32. The molecule has 1 aromatic rings. The number of sulfone groups is 1. The van der Waals surface area contributed by atoms with E-state index in [2.05, 4.69) is 0 Å². The zero-order valence-electron chi connectivity index (χ0n) is 16.2. The largest absolute Gasteiger partial charge is 0.497 e. The van der Waals surface area contributed by atoms with Gasteiger partial charge in [-0.2, -0.15) is 0 Å². The van der Waals surface area contributed by atoms with Crippen molar-refractivity contribution in [2.75, 3.05) is 32.2 Å². The summed E-state index contributed by atoms with van der Waals surface area (Å²) >= 11 is 0.835. The van der Waals surface area contributed by atoms with Crippen LogP contribution in [0.4, 0.5) is 4.79 Å². The maximum Gasteiger partial charge on any atom is 0.293 e. The zero-order valence-corrected chi connectivity index (χ0v) is 17.8. The van der Waals surface area contributed by atoms with Crippen LogP contribution in [-0.4, -0.2) is 73.5 Å². The van der Waals surface area contributed by atoms with Gasteiger partial charge in [0.05, 0.1) is 23.5 Å². The molecule has 2 aliphatic heterocycles. The van der Waals surface area contributed by atoms with E-state index in [9.17, 15) is 22.8 Å². The SMILES string of the molecule is COc1ccc(/C=C2\SC(=O)N(CCC(=O)N(C)[C@@H]3CCS(=O)(=O)C3)C2=O)cc1. The fourth-order valence-electron chi connectivity index (χ4n) is 3.21. The predicted molar refractivity (Wildman–Crippen MR) is 110 cm³/mol. The molecule has 2 fully saturated rings. The Hall–Kier alpha value is -2.33. The number of thioether (sulfide) groups is 1. The molecule has 0 aliphatic carbocycles. The molecule has 8 nitrogen and oxygen atoms in total. The van der Waals surface area contributed by atoms with Crippen molar-refractivity contribution < 1.29 is 27.5 Å². The van der Waals surface area contributed by atoms with Gasteiger partial charge in [0.25, 0.3) is 11.1 Å². The summed E-state index contributed by atoms with van der Waals surface area (Å²) in [5.74, 6) is 0.00334. The number of benzene rings is 1. The van der Waals surface area contributed by atoms with Crippen molar-refractivity contribution in [2.45, 2.75) is 18.9 Å². The van der Waals surface area contributed by atoms with Crippen LogP contribution in [0, 0.1) is 0 Å². The van der Waals surface area contributed by atoms with Crippen LogP contribution in [0.5, 0.6) is 5.75 Å². The Morgan fingerprint density at radius 3 is 2.59 bits per heavy atom. The summed E-state index contributed by atoms with van der Waals surface area (Å²) in [6, 6.07) is 6.72. The highest BCUT2D eigenvalue weighted by Gasteiger charge is 2.36. The van der Waals surface area contributed by atoms with Gasteiger partial charge in [-0.15, -0.1) is 0 Å². The fourth-order valence-corrected chi connectivity index (χ4v) is 5.85. The number of ether oxygens (including phenoxy) is 1. The molecule has 0 bridgehead atoms. The fraction of sp³-hybridized carbons (Fsp3) is 0.421. The van der Waals surface area contributed by atoms with Gasteiger partial charge < -0.3 is 9.64 Å². The Morgan fingerprint density at radius 1 is 1.31 bits per heavy atom. The van der Waals surface area contributed by atoms with Crippen LogP contribution < -0.4 is 4.74 Å². The Labute approximate surface area is 173 Å². The molecule has 10 heteroatoms. The van der Waals surface area contributed by atoms with Gasteiger partial charge in [-0.05, 0) is 42.0 Å². The van der Waals surface area contributed by atoms with Crippen LogP contribution in [0.15, 0.2) is 29.2 Å². The van der Waals surface area contributed by atoms with E-state index in [-0.39, 0.29) is 36.4 Å². The molecule has 2 saturated heterocycles. The first-order valence-electron chi connectivity index (χ1n) is 9.05. The molecule has 0 spiro atoms. The number of hydrogen-bond donors (Lipinski definition) is 0. The highest BCUT2D eigenvalue weighted by molar-refractivity contribution is 8.18. The standard InChI is InChI=1S/C19H22N2O6S2/c1-20(14-8-10-29(25,26)12-14)17(22)7-9-21-18(23)16(28-19(21)24)11-13-3-5-15(27-2)6-4-13/h3-6,11,14H,7-10,12H2,1-2H3/b16-11-/t14-/m1/s1. The number of amides is 3. The Morgan fingerprint density at radius 2 is 2.00 bits per heavy atom. The van der Waals surface area contributed by atoms with Gasteiger partial charge in [-0.25, -0.2) is 8.42 Å². The van der Waals surface area contributed by atoms with E-state index >= 15 is 0 Å². The second-order valence-corrected chi connectivity index (χ2v) is 10.1. The van der Waals surface area contributed by atoms with Gasteiger partial charge in [0.1, 0.15) is 5.75 Å². The number of nitrogens with zero attached hydrogens (tertiary/aromatic N) is 2. The van der Waals surface area contributed by atoms with Gasteiger partial charge >= 0.3 is 0 Å². The maximum atomic E-state index is 12.6. The maximum absolute atomic E-state index is 12.6. The molecule has 0 saturated carbocycles. The highest BCUT2D eigenvalue weighted by atomic mass is 32.2. The lowest BCUT2D eigenvalue weighted by Gasteiger charge is -2.24. The average molecular weight is 439 g/mol. The molecule has 0 radical (unpaired) electrons. The van der Waals surface area contributed by atoms with E-state index < -0.39 is 21.0 Å². The predicted octanol–water partition coefficient (Wildman–Crippen LogP) is 1.77. The van der Waals surface area contributed by atoms with E-state index in [1.165, 1.54) is 4.90 Å². The van der Waals surface area contributed by atoms with Crippen LogP contribution in [0.3, 0.4) is 0 Å². The molecule has 1 atom stereocenters. The summed E-state index contributed by atoms with van der Waals surface area (Å²) in [7, 11) is 0.0261. The van der Waals surface area contributed by atoms with Crippen molar-refractivity contribution in [3.05, 3.63) is 34.7 Å². The lowest BCUT2D eigenvalue weighted by atomic mass is 10.2. The van der Waals surface area contributed by atoms with Crippen molar-refractivity contribution in [2.24, 2.45) is 0 Å². The summed E-state index contributed by atoms with van der Waals surface area (Å²) in [6.07, 6.45) is 2.00. The number of methoxy groups -OCH3 is 1. The quantitative estimate of drug-likeness (QED) is 0.624. The van der Waals surface area contributed by atoms with Gasteiger partial charge in [0.2, 0.25) is 5.91 Å². The van der Waals surface area contributed by atoms with E-state index in [1.807, 2.05) is 0 Å². The van der Waals surface area contributed by atoms with Crippen molar-refractivity contribution in [3.8, 4) is 5.75 Å². The molecular weight excluding hydrogens is 416 g/mol. The molecule has 0 unspecified atom stereocenters. The number of carbonyl (C=O) groups excluding carboxylic acids is 3. The number of hydrogen-bond acceptors (Lipinski definition) is 7. The van der Waals surface area contributed by atoms with Gasteiger partial charge in [-0.3, -0.25) is 19.3 Å². The van der Waals surface area contributed by atoms with Gasteiger partial charge in [0, 0.05) is 26.1 Å². The third kappa shape index (κ3) is 4.99. The van der Waals surface area contributed by atoms with Crippen LogP contribution in [0.2, 0.25) is 0 Å². The minimum atomic E-state index is -3.09. The average Bonchev–Trinajstić information content (AvgIpc) is 3.18. The first kappa shape index (κ1) is 21.4. The first-order chi connectivity index (χ1) is 13.7. The molecule has 1 aromatic carbocycles. The lowest BCUT2D eigenvalue weighted by molar-refractivity contribution is -0.132. The molecular formula is C19H22N2O6S2. The topological polar surface area (TPSA) is 101 Å². The zero-order chi connectivity index (χ0) is 21.2. The van der Waals surface area contributed by atoms with E-state index in [0.717, 1.165) is 22.2 Å². The van der Waals surface area contributed by atoms with Crippen LogP contribution in [-0.2, 0) is 19.4 Å². The Kier molecular flexibility index (Phi) is 6.33. The number of rotatable bonds is 6. The van der Waals surface area contributed by atoms with Crippen LogP contribution in [0.25, 0.3) is 6.08 Å². The summed E-state index contributed by atoms with van der Waals surface area (Å²) in [5.41, 5.74) is 0.759. The molecule has 29 heavy (non-hydrogen) atoms. The summed E-state index contributed by atoms with van der Waals surface area (Å²) in [5, 5.41) is -0.423. The number of carbonyl (C=O) groups is 3. The Bertz CT molecular complexity index is 955. The van der Waals surface area contributed by atoms with Gasteiger partial charge in [-0.1, -0.05) is 12.1 Å². The van der Waals surface area contributed by atoms with Crippen molar-refractivity contribution >= 4 is 44.7 Å². The van der Waals surface area contributed by atoms with E-state index in [0.29, 0.717) is 17.1 Å².